The van der Waals surface area contributed by atoms with E-state index in [1.165, 1.54) is 0 Å². The maximum absolute atomic E-state index is 12.8. The van der Waals surface area contributed by atoms with Crippen LogP contribution >= 0.6 is 0 Å². The van der Waals surface area contributed by atoms with Crippen LogP contribution in [0.25, 0.3) is 0 Å². The van der Waals surface area contributed by atoms with Crippen LogP contribution in [0.3, 0.4) is 0 Å². The van der Waals surface area contributed by atoms with Gasteiger partial charge in [0.15, 0.2) is 0 Å². The van der Waals surface area contributed by atoms with Crippen LogP contribution in [0.1, 0.15) is 35.2 Å². The molecule has 2 aliphatic rings. The molecule has 1 saturated carbocycles. The van der Waals surface area contributed by atoms with Crippen LogP contribution in [-0.4, -0.2) is 44.8 Å². The molecule has 1 aromatic carbocycles. The highest BCUT2D eigenvalue weighted by atomic mass is 16.4. The van der Waals surface area contributed by atoms with Crippen LogP contribution < -0.4 is 0 Å². The smallest absolute Gasteiger partial charge is 0.311 e. The maximum Gasteiger partial charge on any atom is 0.311 e. The van der Waals surface area contributed by atoms with Crippen LogP contribution in [0.2, 0.25) is 0 Å². The molecular weight excluding hydrogens is 318 g/mol. The van der Waals surface area contributed by atoms with Gasteiger partial charge >= 0.3 is 5.97 Å². The molecule has 25 heavy (non-hydrogen) atoms. The molecule has 0 spiro atoms. The largest absolute Gasteiger partial charge is 0.481 e. The quantitative estimate of drug-likeness (QED) is 0.927. The van der Waals surface area contributed by atoms with Crippen molar-refractivity contribution in [3.05, 3.63) is 53.9 Å². The van der Waals surface area contributed by atoms with Crippen molar-refractivity contribution in [1.29, 1.82) is 0 Å². The first-order valence-electron chi connectivity index (χ1n) is 8.67. The highest BCUT2D eigenvalue weighted by molar-refractivity contribution is 5.94. The van der Waals surface area contributed by atoms with E-state index >= 15 is 0 Å². The first-order valence-corrected chi connectivity index (χ1v) is 8.67. The number of carboxylic acids is 1. The second-order valence-corrected chi connectivity index (χ2v) is 7.15. The number of aromatic nitrogens is 2. The molecule has 0 radical (unpaired) electrons. The summed E-state index contributed by atoms with van der Waals surface area (Å²) >= 11 is 0. The molecule has 1 amide bonds. The Labute approximate surface area is 146 Å². The van der Waals surface area contributed by atoms with E-state index in [1.807, 2.05) is 30.3 Å². The Morgan fingerprint density at radius 2 is 2.08 bits per heavy atom. The lowest BCUT2D eigenvalue weighted by Gasteiger charge is -2.23. The molecule has 1 aliphatic heterocycles. The molecule has 130 valence electrons. The fraction of sp³-hybridized carbons (Fsp3) is 0.421. The molecule has 4 rings (SSSR count). The summed E-state index contributed by atoms with van der Waals surface area (Å²) in [6, 6.07) is 9.94. The second kappa shape index (κ2) is 6.02. The number of nitrogens with zero attached hydrogens (tertiary/aromatic N) is 3. The molecule has 6 nitrogen and oxygen atoms in total. The SMILES string of the molecule is O=C(c1cnn(Cc2ccccc2)c1)N1C[C@@H]2CCC[C@@]2(C(=O)O)C1. The van der Waals surface area contributed by atoms with Gasteiger partial charge in [0.05, 0.1) is 23.7 Å². The summed E-state index contributed by atoms with van der Waals surface area (Å²) in [6.07, 6.45) is 5.82. The number of amides is 1. The van der Waals surface area contributed by atoms with Crippen LogP contribution in [0.5, 0.6) is 0 Å². The monoisotopic (exact) mass is 339 g/mol. The van der Waals surface area contributed by atoms with Crippen LogP contribution in [-0.2, 0) is 11.3 Å². The Morgan fingerprint density at radius 1 is 1.28 bits per heavy atom. The van der Waals surface area contributed by atoms with Gasteiger partial charge in [-0.2, -0.15) is 5.10 Å². The average Bonchev–Trinajstić information content (AvgIpc) is 3.29. The highest BCUT2D eigenvalue weighted by Crippen LogP contribution is 2.49. The van der Waals surface area contributed by atoms with Gasteiger partial charge in [0.25, 0.3) is 5.91 Å². The topological polar surface area (TPSA) is 75.4 Å². The van der Waals surface area contributed by atoms with Crippen molar-refractivity contribution in [2.45, 2.75) is 25.8 Å². The number of fused-ring (bicyclic) bond motifs is 1. The summed E-state index contributed by atoms with van der Waals surface area (Å²) in [7, 11) is 0. The van der Waals surface area contributed by atoms with Crippen molar-refractivity contribution in [1.82, 2.24) is 14.7 Å². The molecule has 0 unspecified atom stereocenters. The number of aliphatic carboxylic acids is 1. The van der Waals surface area contributed by atoms with Crippen molar-refractivity contribution < 1.29 is 14.7 Å². The van der Waals surface area contributed by atoms with E-state index < -0.39 is 11.4 Å². The Bertz CT molecular complexity index is 801. The molecule has 1 N–H and O–H groups in total. The van der Waals surface area contributed by atoms with Gasteiger partial charge < -0.3 is 10.0 Å². The van der Waals surface area contributed by atoms with Gasteiger partial charge in [-0.3, -0.25) is 14.3 Å². The summed E-state index contributed by atoms with van der Waals surface area (Å²) in [5, 5.41) is 13.9. The van der Waals surface area contributed by atoms with E-state index in [0.717, 1.165) is 18.4 Å². The van der Waals surface area contributed by atoms with Crippen molar-refractivity contribution in [3.63, 3.8) is 0 Å². The number of carboxylic acid groups (broad SMARTS) is 1. The van der Waals surface area contributed by atoms with Gasteiger partial charge in [-0.25, -0.2) is 0 Å². The summed E-state index contributed by atoms with van der Waals surface area (Å²) < 4.78 is 1.74. The third-order valence-electron chi connectivity index (χ3n) is 5.65. The molecule has 0 bridgehead atoms. The fourth-order valence-electron chi connectivity index (χ4n) is 4.31. The maximum atomic E-state index is 12.8. The van der Waals surface area contributed by atoms with Gasteiger partial charge in [-0.1, -0.05) is 36.8 Å². The van der Waals surface area contributed by atoms with Gasteiger partial charge in [0, 0.05) is 19.3 Å². The van der Waals surface area contributed by atoms with Crippen LogP contribution in [0, 0.1) is 11.3 Å². The molecule has 2 fully saturated rings. The number of hydrogen-bond acceptors (Lipinski definition) is 3. The molecule has 1 aromatic heterocycles. The lowest BCUT2D eigenvalue weighted by Crippen LogP contribution is -2.37. The van der Waals surface area contributed by atoms with Crippen molar-refractivity contribution in [2.24, 2.45) is 11.3 Å². The normalized spacial score (nSPS) is 25.1. The molecule has 2 heterocycles. The van der Waals surface area contributed by atoms with E-state index in [2.05, 4.69) is 5.10 Å². The molecule has 2 atom stereocenters. The molecule has 2 aromatic rings. The van der Waals surface area contributed by atoms with Gasteiger partial charge in [-0.15, -0.1) is 0 Å². The number of carbonyl (C=O) groups excluding carboxylic acids is 1. The van der Waals surface area contributed by atoms with E-state index in [4.69, 9.17) is 0 Å². The highest BCUT2D eigenvalue weighted by Gasteiger charge is 2.55. The standard InChI is InChI=1S/C19H21N3O3/c23-17(21-12-16-7-4-8-19(16,13-21)18(24)25)15-9-20-22(11-15)10-14-5-2-1-3-6-14/h1-3,5-6,9,11,16H,4,7-8,10,12-13H2,(H,24,25)/t16-,19+/m0/s1. The zero-order valence-corrected chi connectivity index (χ0v) is 14.0. The molecular formula is C19H21N3O3. The van der Waals surface area contributed by atoms with Crippen LogP contribution in [0.15, 0.2) is 42.7 Å². The summed E-state index contributed by atoms with van der Waals surface area (Å²) in [5.74, 6) is -0.798. The van der Waals surface area contributed by atoms with Crippen molar-refractivity contribution >= 4 is 11.9 Å². The lowest BCUT2D eigenvalue weighted by molar-refractivity contribution is -0.149. The van der Waals surface area contributed by atoms with E-state index in [9.17, 15) is 14.7 Å². The zero-order chi connectivity index (χ0) is 17.4. The number of hydrogen-bond donors (Lipinski definition) is 1. The van der Waals surface area contributed by atoms with Crippen molar-refractivity contribution in [3.8, 4) is 0 Å². The third kappa shape index (κ3) is 2.71. The van der Waals surface area contributed by atoms with E-state index in [-0.39, 0.29) is 11.8 Å². The first-order chi connectivity index (χ1) is 12.1. The van der Waals surface area contributed by atoms with Gasteiger partial charge in [-0.05, 0) is 24.3 Å². The Morgan fingerprint density at radius 3 is 2.80 bits per heavy atom. The number of benzene rings is 1. The predicted octanol–water partition coefficient (Wildman–Crippen LogP) is 2.26. The van der Waals surface area contributed by atoms with E-state index in [1.54, 1.807) is 22.0 Å². The Balaban J connectivity index is 1.48. The lowest BCUT2D eigenvalue weighted by atomic mass is 9.81. The average molecular weight is 339 g/mol. The molecule has 1 aliphatic carbocycles. The molecule has 1 saturated heterocycles. The fourth-order valence-corrected chi connectivity index (χ4v) is 4.31. The molecule has 6 heteroatoms. The number of rotatable bonds is 4. The predicted molar refractivity (Wildman–Crippen MR) is 91.1 cm³/mol. The summed E-state index contributed by atoms with van der Waals surface area (Å²) in [6.45, 7) is 1.46. The first kappa shape index (κ1) is 15.9. The Hall–Kier alpha value is -2.63. The summed E-state index contributed by atoms with van der Waals surface area (Å²) in [4.78, 5) is 26.2. The minimum absolute atomic E-state index is 0.0771. The second-order valence-electron chi connectivity index (χ2n) is 7.15. The van der Waals surface area contributed by atoms with Crippen molar-refractivity contribution in [2.75, 3.05) is 13.1 Å². The zero-order valence-electron chi connectivity index (χ0n) is 14.0. The Kier molecular flexibility index (Phi) is 3.82. The number of carbonyl (C=O) groups is 2. The van der Waals surface area contributed by atoms with Gasteiger partial charge in [0.2, 0.25) is 0 Å². The van der Waals surface area contributed by atoms with Gasteiger partial charge in [0.1, 0.15) is 0 Å². The number of likely N-dealkylation sites (tertiary alicyclic amines) is 1. The minimum atomic E-state index is -0.759. The van der Waals surface area contributed by atoms with E-state index in [0.29, 0.717) is 31.6 Å². The minimum Gasteiger partial charge on any atom is -0.481 e. The summed E-state index contributed by atoms with van der Waals surface area (Å²) in [5.41, 5.74) is 0.900. The van der Waals surface area contributed by atoms with Crippen LogP contribution in [0.4, 0.5) is 0 Å². The third-order valence-corrected chi connectivity index (χ3v) is 5.65.